The van der Waals surface area contributed by atoms with E-state index in [0.29, 0.717) is 5.82 Å². The zero-order chi connectivity index (χ0) is 21.8. The molecule has 11 heteroatoms. The minimum Gasteiger partial charge on any atom is -0.386 e. The van der Waals surface area contributed by atoms with Crippen LogP contribution < -0.4 is 11.1 Å². The Morgan fingerprint density at radius 1 is 1.31 bits per heavy atom. The molecule has 0 saturated carbocycles. The van der Waals surface area contributed by atoms with Gasteiger partial charge in [0.2, 0.25) is 0 Å². The minimum absolute atomic E-state index is 0.0776. The van der Waals surface area contributed by atoms with Gasteiger partial charge in [-0.2, -0.15) is 4.98 Å². The van der Waals surface area contributed by atoms with Crippen molar-refractivity contribution in [3.05, 3.63) is 35.1 Å². The highest BCUT2D eigenvalue weighted by Gasteiger charge is 2.53. The van der Waals surface area contributed by atoms with Crippen LogP contribution in [0.4, 0.5) is 4.39 Å². The van der Waals surface area contributed by atoms with E-state index in [-0.39, 0.29) is 29.4 Å². The van der Waals surface area contributed by atoms with Crippen molar-refractivity contribution in [1.29, 1.82) is 0 Å². The summed E-state index contributed by atoms with van der Waals surface area (Å²) in [6, 6.07) is 0. The quantitative estimate of drug-likeness (QED) is 0.745. The molecule has 0 saturated heterocycles. The van der Waals surface area contributed by atoms with E-state index in [1.807, 2.05) is 0 Å². The summed E-state index contributed by atoms with van der Waals surface area (Å²) in [7, 11) is -3.70. The maximum atomic E-state index is 15.4. The third kappa shape index (κ3) is 3.59. The van der Waals surface area contributed by atoms with Crippen LogP contribution >= 0.6 is 0 Å². The predicted molar refractivity (Wildman–Crippen MR) is 105 cm³/mol. The first-order valence-electron chi connectivity index (χ1n) is 8.99. The topological polar surface area (TPSA) is 141 Å². The number of sulfone groups is 1. The van der Waals surface area contributed by atoms with Crippen molar-refractivity contribution in [2.24, 2.45) is 10.7 Å². The van der Waals surface area contributed by atoms with Crippen molar-refractivity contribution < 1.29 is 22.1 Å². The van der Waals surface area contributed by atoms with Crippen LogP contribution in [0.5, 0.6) is 0 Å². The zero-order valence-corrected chi connectivity index (χ0v) is 17.7. The van der Waals surface area contributed by atoms with E-state index >= 15 is 4.39 Å². The van der Waals surface area contributed by atoms with E-state index in [2.05, 4.69) is 20.4 Å². The Balaban J connectivity index is 1.99. The molecule has 2 heterocycles. The molecule has 0 bridgehead atoms. The lowest BCUT2D eigenvalue weighted by Crippen LogP contribution is -2.58. The van der Waals surface area contributed by atoms with E-state index in [9.17, 15) is 13.2 Å². The van der Waals surface area contributed by atoms with Crippen molar-refractivity contribution in [3.8, 4) is 0 Å². The zero-order valence-electron chi connectivity index (χ0n) is 16.9. The third-order valence-electron chi connectivity index (χ3n) is 5.36. The third-order valence-corrected chi connectivity index (χ3v) is 8.07. The summed E-state index contributed by atoms with van der Waals surface area (Å²) in [5, 5.41) is 6.13. The van der Waals surface area contributed by atoms with E-state index in [1.54, 1.807) is 6.92 Å². The van der Waals surface area contributed by atoms with Crippen LogP contribution in [0.2, 0.25) is 0 Å². The summed E-state index contributed by atoms with van der Waals surface area (Å²) in [6.45, 7) is 7.40. The summed E-state index contributed by atoms with van der Waals surface area (Å²) >= 11 is 0. The number of aliphatic imine (C=N–C) groups is 1. The standard InChI is InChI=1S/C18H24FN5O4S/c1-10-21-14(28-24-10)13(25)22-11-6-7-17(4,19)12(8-11)18(5)9-29(26,27)16(2,3)15(20)23-18/h6,8H,7,9H2,1-5H3,(H2,20,23)(H,22,25)/t17?,18-/m0/s1. The number of allylic oxidation sites excluding steroid dienone is 2. The van der Waals surface area contributed by atoms with Crippen molar-refractivity contribution in [3.63, 3.8) is 0 Å². The lowest BCUT2D eigenvalue weighted by atomic mass is 9.78. The summed E-state index contributed by atoms with van der Waals surface area (Å²) in [4.78, 5) is 20.5. The van der Waals surface area contributed by atoms with Crippen molar-refractivity contribution >= 4 is 21.6 Å². The molecule has 1 aliphatic carbocycles. The van der Waals surface area contributed by atoms with Gasteiger partial charge in [0.25, 0.3) is 0 Å². The van der Waals surface area contributed by atoms with Gasteiger partial charge < -0.3 is 15.6 Å². The van der Waals surface area contributed by atoms with Crippen LogP contribution in [0, 0.1) is 6.92 Å². The molecule has 1 aromatic rings. The van der Waals surface area contributed by atoms with Gasteiger partial charge in [0.15, 0.2) is 15.7 Å². The number of carbonyl (C=O) groups excluding carboxylic acids is 1. The highest BCUT2D eigenvalue weighted by molar-refractivity contribution is 7.93. The fourth-order valence-corrected chi connectivity index (χ4v) is 5.12. The monoisotopic (exact) mass is 425 g/mol. The van der Waals surface area contributed by atoms with Gasteiger partial charge in [-0.3, -0.25) is 9.79 Å². The van der Waals surface area contributed by atoms with E-state index in [4.69, 9.17) is 10.3 Å². The van der Waals surface area contributed by atoms with Gasteiger partial charge in [0.05, 0.1) is 11.3 Å². The van der Waals surface area contributed by atoms with Crippen LogP contribution in [-0.4, -0.2) is 52.0 Å². The highest BCUT2D eigenvalue weighted by atomic mass is 32.2. The first-order valence-corrected chi connectivity index (χ1v) is 10.6. The van der Waals surface area contributed by atoms with Gasteiger partial charge in [-0.05, 0) is 46.3 Å². The van der Waals surface area contributed by atoms with Gasteiger partial charge in [0, 0.05) is 12.1 Å². The summed E-state index contributed by atoms with van der Waals surface area (Å²) < 4.78 is 44.5. The summed E-state index contributed by atoms with van der Waals surface area (Å²) in [6.07, 6.45) is 2.82. The Kier molecular flexibility index (Phi) is 4.72. The number of carbonyl (C=O) groups is 1. The summed E-state index contributed by atoms with van der Waals surface area (Å²) in [5.74, 6) is -1.07. The Bertz CT molecular complexity index is 1070. The Hall–Kier alpha value is -2.56. The lowest BCUT2D eigenvalue weighted by Gasteiger charge is -2.43. The van der Waals surface area contributed by atoms with Gasteiger partial charge in [0.1, 0.15) is 16.3 Å². The summed E-state index contributed by atoms with van der Waals surface area (Å²) in [5.41, 5.74) is 3.08. The molecule has 3 N–H and O–H groups in total. The van der Waals surface area contributed by atoms with Gasteiger partial charge in [-0.15, -0.1) is 0 Å². The van der Waals surface area contributed by atoms with E-state index in [0.717, 1.165) is 0 Å². The maximum absolute atomic E-state index is 15.4. The number of hydrogen-bond acceptors (Lipinski definition) is 8. The fourth-order valence-electron chi connectivity index (χ4n) is 3.43. The number of nitrogens with one attached hydrogen (secondary N) is 1. The molecule has 1 amide bonds. The molecule has 3 rings (SSSR count). The Labute approximate surface area is 168 Å². The number of hydrogen-bond donors (Lipinski definition) is 2. The number of halogens is 1. The Morgan fingerprint density at radius 3 is 2.52 bits per heavy atom. The average Bonchev–Trinajstić information content (AvgIpc) is 3.01. The van der Waals surface area contributed by atoms with Crippen molar-refractivity contribution in [2.45, 2.75) is 57.0 Å². The van der Waals surface area contributed by atoms with E-state index < -0.39 is 37.5 Å². The van der Waals surface area contributed by atoms with Crippen molar-refractivity contribution in [2.75, 3.05) is 5.75 Å². The molecule has 0 spiro atoms. The number of alkyl halides is 1. The second-order valence-electron chi connectivity index (χ2n) is 8.26. The molecule has 29 heavy (non-hydrogen) atoms. The Morgan fingerprint density at radius 2 is 1.97 bits per heavy atom. The molecule has 9 nitrogen and oxygen atoms in total. The predicted octanol–water partition coefficient (Wildman–Crippen LogP) is 1.37. The molecular weight excluding hydrogens is 401 g/mol. The lowest BCUT2D eigenvalue weighted by molar-refractivity contribution is 0.0922. The second kappa shape index (κ2) is 6.48. The van der Waals surface area contributed by atoms with Crippen LogP contribution in [0.25, 0.3) is 0 Å². The number of aryl methyl sites for hydroxylation is 1. The average molecular weight is 425 g/mol. The van der Waals surface area contributed by atoms with Gasteiger partial charge >= 0.3 is 11.8 Å². The fraction of sp³-hybridized carbons (Fsp3) is 0.556. The number of aromatic nitrogens is 2. The SMILES string of the molecule is Cc1noc(C(=O)NC2=CCC(C)(F)C([C@]3(C)CS(=O)(=O)C(C)(C)C(N)=N3)=C2)n1. The first-order chi connectivity index (χ1) is 13.2. The van der Waals surface area contributed by atoms with Crippen LogP contribution in [0.15, 0.2) is 32.9 Å². The van der Waals surface area contributed by atoms with Gasteiger partial charge in [-0.25, -0.2) is 12.8 Å². The number of nitrogens with two attached hydrogens (primary N) is 1. The number of amides is 1. The van der Waals surface area contributed by atoms with Gasteiger partial charge in [-0.1, -0.05) is 11.2 Å². The number of rotatable bonds is 3. The molecule has 1 unspecified atom stereocenters. The maximum Gasteiger partial charge on any atom is 0.316 e. The van der Waals surface area contributed by atoms with E-state index in [1.165, 1.54) is 39.8 Å². The highest BCUT2D eigenvalue weighted by Crippen LogP contribution is 2.43. The molecule has 0 fully saturated rings. The van der Waals surface area contributed by atoms with Crippen LogP contribution in [0.1, 0.15) is 50.6 Å². The first kappa shape index (κ1) is 21.2. The van der Waals surface area contributed by atoms with Crippen molar-refractivity contribution in [1.82, 2.24) is 15.5 Å². The molecule has 1 aliphatic heterocycles. The minimum atomic E-state index is -3.70. The van der Waals surface area contributed by atoms with Crippen LogP contribution in [-0.2, 0) is 9.84 Å². The second-order valence-corrected chi connectivity index (χ2v) is 10.8. The molecule has 158 valence electrons. The smallest absolute Gasteiger partial charge is 0.316 e. The number of amidine groups is 1. The molecular formula is C18H24FN5O4S. The molecule has 0 aromatic carbocycles. The molecule has 0 radical (unpaired) electrons. The number of nitrogens with zero attached hydrogens (tertiary/aromatic N) is 3. The molecule has 1 aromatic heterocycles. The largest absolute Gasteiger partial charge is 0.386 e. The molecule has 2 aliphatic rings. The normalized spacial score (nSPS) is 30.8. The molecule has 2 atom stereocenters. The van der Waals surface area contributed by atoms with Crippen LogP contribution in [0.3, 0.4) is 0 Å².